The van der Waals surface area contributed by atoms with Crippen molar-refractivity contribution in [2.75, 3.05) is 37.7 Å². The maximum atomic E-state index is 14.4. The molecule has 3 aliphatic heterocycles. The van der Waals surface area contributed by atoms with E-state index in [-0.39, 0.29) is 36.1 Å². The highest BCUT2D eigenvalue weighted by Crippen LogP contribution is 2.66. The smallest absolute Gasteiger partial charge is 0.251 e. The molecular weight excluding hydrogens is 522 g/mol. The second kappa shape index (κ2) is 12.3. The predicted octanol–water partition coefficient (Wildman–Crippen LogP) is 4.15. The summed E-state index contributed by atoms with van der Waals surface area (Å²) in [6.45, 7) is 11.4. The Kier molecular flexibility index (Phi) is 9.27. The maximum absolute atomic E-state index is 14.4. The second-order valence-corrected chi connectivity index (χ2v) is 12.3. The molecule has 206 valence electrons. The number of likely N-dealkylation sites (tertiary alicyclic amines) is 1. The van der Waals surface area contributed by atoms with Gasteiger partial charge in [0.25, 0.3) is 5.91 Å². The number of hydrogen-bond donors (Lipinski definition) is 1. The Hall–Kier alpha value is -2.29. The first-order chi connectivity index (χ1) is 18.3. The van der Waals surface area contributed by atoms with Crippen molar-refractivity contribution in [1.82, 2.24) is 9.80 Å². The molecule has 1 spiro atoms. The van der Waals surface area contributed by atoms with Crippen molar-refractivity contribution in [2.24, 2.45) is 11.8 Å². The van der Waals surface area contributed by atoms with Gasteiger partial charge in [0.2, 0.25) is 11.8 Å². The molecule has 3 fully saturated rings. The van der Waals surface area contributed by atoms with Crippen LogP contribution in [0.3, 0.4) is 0 Å². The average molecular weight is 560 g/mol. The molecular formula is C29H38ClN3O4S. The molecule has 9 heteroatoms. The van der Waals surface area contributed by atoms with E-state index in [1.807, 2.05) is 11.8 Å². The highest BCUT2D eigenvalue weighted by Gasteiger charge is 2.74. The van der Waals surface area contributed by atoms with Crippen LogP contribution >= 0.6 is 23.4 Å². The van der Waals surface area contributed by atoms with E-state index in [9.17, 15) is 19.5 Å². The van der Waals surface area contributed by atoms with Gasteiger partial charge in [-0.3, -0.25) is 14.4 Å². The Balaban J connectivity index is 1.74. The van der Waals surface area contributed by atoms with Crippen molar-refractivity contribution in [3.05, 3.63) is 54.6 Å². The van der Waals surface area contributed by atoms with Gasteiger partial charge in [-0.15, -0.1) is 24.9 Å². The Bertz CT molecular complexity index is 1070. The van der Waals surface area contributed by atoms with E-state index < -0.39 is 22.6 Å². The number of fused-ring (bicyclic) bond motifs is 1. The molecule has 0 aromatic heterocycles. The van der Waals surface area contributed by atoms with Crippen LogP contribution in [-0.2, 0) is 14.4 Å². The van der Waals surface area contributed by atoms with Gasteiger partial charge in [0.15, 0.2) is 0 Å². The van der Waals surface area contributed by atoms with Crippen LogP contribution in [0, 0.1) is 11.8 Å². The van der Waals surface area contributed by atoms with Crippen LogP contribution in [0.5, 0.6) is 0 Å². The zero-order chi connectivity index (χ0) is 27.4. The number of hydrogen-bond acceptors (Lipinski definition) is 5. The van der Waals surface area contributed by atoms with Crippen LogP contribution in [-0.4, -0.2) is 81.5 Å². The number of benzene rings is 1. The molecule has 1 N–H and O–H groups in total. The van der Waals surface area contributed by atoms with Crippen molar-refractivity contribution in [2.45, 2.75) is 55.1 Å². The lowest BCUT2D eigenvalue weighted by Gasteiger charge is -2.37. The minimum absolute atomic E-state index is 0.00627. The number of halogens is 1. The van der Waals surface area contributed by atoms with Gasteiger partial charge < -0.3 is 19.8 Å². The van der Waals surface area contributed by atoms with Crippen LogP contribution in [0.25, 0.3) is 0 Å². The molecule has 5 atom stereocenters. The zero-order valence-corrected chi connectivity index (χ0v) is 23.6. The first kappa shape index (κ1) is 28.7. The summed E-state index contributed by atoms with van der Waals surface area (Å²) in [4.78, 5) is 47.6. The molecule has 1 aromatic carbocycles. The first-order valence-electron chi connectivity index (χ1n) is 13.5. The van der Waals surface area contributed by atoms with Crippen molar-refractivity contribution >= 4 is 46.8 Å². The molecule has 3 amide bonds. The van der Waals surface area contributed by atoms with Crippen LogP contribution in [0.15, 0.2) is 49.6 Å². The lowest BCUT2D eigenvalue weighted by molar-refractivity contribution is -0.143. The molecule has 0 saturated carbocycles. The number of nitrogens with zero attached hydrogens (tertiary/aromatic N) is 3. The van der Waals surface area contributed by atoms with Crippen molar-refractivity contribution < 1.29 is 19.5 Å². The fourth-order valence-electron chi connectivity index (χ4n) is 6.50. The summed E-state index contributed by atoms with van der Waals surface area (Å²) in [5, 5.41) is 9.97. The molecule has 4 rings (SSSR count). The molecule has 3 heterocycles. The van der Waals surface area contributed by atoms with Gasteiger partial charge in [0.1, 0.15) is 6.04 Å². The van der Waals surface area contributed by atoms with Crippen LogP contribution in [0.4, 0.5) is 5.69 Å². The standard InChI is InChI=1S/C29H38ClN3O4S/c1-4-15-31(16-5-2)26(35)23-22-13-14-29(38-22)24(23)27(36)33(18-7-8-19-34)25(29)28(37)32(17-6-3)21-11-9-20(30)10-12-21/h4,6,9-12,22-25,34H,1,3,5,7-8,13-19H2,2H3/t22-,23+,24+,25?,29?/m1/s1. The number of unbranched alkanes of at least 4 members (excludes halogenated alkanes) is 1. The number of aliphatic hydroxyl groups is 1. The summed E-state index contributed by atoms with van der Waals surface area (Å²) in [5.41, 5.74) is 0.687. The summed E-state index contributed by atoms with van der Waals surface area (Å²) >= 11 is 7.79. The Morgan fingerprint density at radius 2 is 1.89 bits per heavy atom. The molecule has 38 heavy (non-hydrogen) atoms. The largest absolute Gasteiger partial charge is 0.396 e. The van der Waals surface area contributed by atoms with Gasteiger partial charge in [0, 0.05) is 48.7 Å². The Morgan fingerprint density at radius 3 is 2.53 bits per heavy atom. The third-order valence-corrected chi connectivity index (χ3v) is 10.2. The molecule has 2 unspecified atom stereocenters. The SMILES string of the molecule is C=CCN(CCC)C(=O)[C@@H]1[C@H]2C(=O)N(CCCCO)C(C(=O)N(CC=C)c3ccc(Cl)cc3)C23CC[C@H]1S3. The number of rotatable bonds is 13. The summed E-state index contributed by atoms with van der Waals surface area (Å²) in [6, 6.07) is 6.39. The number of aliphatic hydroxyl groups excluding tert-OH is 1. The monoisotopic (exact) mass is 559 g/mol. The number of anilines is 1. The molecule has 3 saturated heterocycles. The lowest BCUT2D eigenvalue weighted by atomic mass is 9.70. The fourth-order valence-corrected chi connectivity index (χ4v) is 8.83. The van der Waals surface area contributed by atoms with Crippen LogP contribution in [0.2, 0.25) is 5.02 Å². The Labute approximate surface area is 234 Å². The minimum atomic E-state index is -0.693. The number of thioether (sulfide) groups is 1. The maximum Gasteiger partial charge on any atom is 0.251 e. The summed E-state index contributed by atoms with van der Waals surface area (Å²) in [7, 11) is 0. The first-order valence-corrected chi connectivity index (χ1v) is 14.8. The van der Waals surface area contributed by atoms with Crippen LogP contribution in [0.1, 0.15) is 39.0 Å². The van der Waals surface area contributed by atoms with E-state index in [0.29, 0.717) is 49.6 Å². The average Bonchev–Trinajstić information content (AvgIpc) is 3.55. The topological polar surface area (TPSA) is 81.2 Å². The predicted molar refractivity (Wildman–Crippen MR) is 153 cm³/mol. The van der Waals surface area contributed by atoms with Gasteiger partial charge in [-0.2, -0.15) is 0 Å². The van der Waals surface area contributed by atoms with Crippen LogP contribution < -0.4 is 4.90 Å². The fraction of sp³-hybridized carbons (Fsp3) is 0.552. The van der Waals surface area contributed by atoms with E-state index in [4.69, 9.17) is 11.6 Å². The van der Waals surface area contributed by atoms with E-state index >= 15 is 0 Å². The summed E-state index contributed by atoms with van der Waals surface area (Å²) in [5.74, 6) is -1.27. The van der Waals surface area contributed by atoms with E-state index in [1.54, 1.807) is 58.0 Å². The quantitative estimate of drug-likeness (QED) is 0.290. The van der Waals surface area contributed by atoms with Crippen molar-refractivity contribution in [1.29, 1.82) is 0 Å². The normalized spacial score (nSPS) is 27.3. The van der Waals surface area contributed by atoms with Gasteiger partial charge in [0.05, 0.1) is 16.6 Å². The van der Waals surface area contributed by atoms with Crippen molar-refractivity contribution in [3.8, 4) is 0 Å². The molecule has 1 aromatic rings. The zero-order valence-electron chi connectivity index (χ0n) is 22.1. The molecule has 0 aliphatic carbocycles. The molecule has 7 nitrogen and oxygen atoms in total. The lowest BCUT2D eigenvalue weighted by Crippen LogP contribution is -2.55. The highest BCUT2D eigenvalue weighted by molar-refractivity contribution is 8.02. The van der Waals surface area contributed by atoms with Gasteiger partial charge in [-0.05, 0) is 56.4 Å². The number of carbonyl (C=O) groups excluding carboxylic acids is 3. The third kappa shape index (κ3) is 5.03. The van der Waals surface area contributed by atoms with E-state index in [2.05, 4.69) is 13.2 Å². The Morgan fingerprint density at radius 1 is 1.18 bits per heavy atom. The number of amides is 3. The van der Waals surface area contributed by atoms with Gasteiger partial charge in [-0.1, -0.05) is 30.7 Å². The van der Waals surface area contributed by atoms with E-state index in [1.165, 1.54) is 0 Å². The van der Waals surface area contributed by atoms with Crippen molar-refractivity contribution in [3.63, 3.8) is 0 Å². The molecule has 0 radical (unpaired) electrons. The number of carbonyl (C=O) groups is 3. The highest BCUT2D eigenvalue weighted by atomic mass is 35.5. The summed E-state index contributed by atoms with van der Waals surface area (Å²) in [6.07, 6.45) is 6.87. The molecule has 2 bridgehead atoms. The third-order valence-electron chi connectivity index (χ3n) is 8.00. The second-order valence-electron chi connectivity index (χ2n) is 10.3. The summed E-state index contributed by atoms with van der Waals surface area (Å²) < 4.78 is -0.656. The van der Waals surface area contributed by atoms with Gasteiger partial charge in [-0.25, -0.2) is 0 Å². The minimum Gasteiger partial charge on any atom is -0.396 e. The van der Waals surface area contributed by atoms with E-state index in [0.717, 1.165) is 12.8 Å². The van der Waals surface area contributed by atoms with Gasteiger partial charge >= 0.3 is 0 Å². The molecule has 3 aliphatic rings.